The van der Waals surface area contributed by atoms with E-state index in [0.717, 1.165) is 4.68 Å². The summed E-state index contributed by atoms with van der Waals surface area (Å²) in [4.78, 5) is 25.6. The summed E-state index contributed by atoms with van der Waals surface area (Å²) in [5.74, 6) is -0.821. The number of benzene rings is 1. The lowest BCUT2D eigenvalue weighted by atomic mass is 10.1. The van der Waals surface area contributed by atoms with Crippen molar-refractivity contribution < 1.29 is 22.7 Å². The third kappa shape index (κ3) is 5.09. The van der Waals surface area contributed by atoms with Crippen molar-refractivity contribution in [2.24, 2.45) is 0 Å². The van der Waals surface area contributed by atoms with Crippen LogP contribution < -0.4 is 15.6 Å². The Morgan fingerprint density at radius 1 is 1.19 bits per heavy atom. The highest BCUT2D eigenvalue weighted by molar-refractivity contribution is 5.81. The van der Waals surface area contributed by atoms with E-state index in [4.69, 9.17) is 0 Å². The number of amides is 1. The van der Waals surface area contributed by atoms with Gasteiger partial charge >= 0.3 is 6.36 Å². The highest BCUT2D eigenvalue weighted by Gasteiger charge is 2.31. The molecule has 2 heterocycles. The topological polar surface area (TPSA) is 91.0 Å². The van der Waals surface area contributed by atoms with Gasteiger partial charge < -0.3 is 10.1 Å². The van der Waals surface area contributed by atoms with E-state index in [1.807, 2.05) is 20.8 Å². The Morgan fingerprint density at radius 3 is 2.38 bits per heavy atom. The molecule has 0 aliphatic carbocycles. The highest BCUT2D eigenvalue weighted by atomic mass is 19.4. The summed E-state index contributed by atoms with van der Waals surface area (Å²) in [6.45, 7) is 8.84. The normalized spacial score (nSPS) is 13.2. The molecule has 0 radical (unpaired) electrons. The summed E-state index contributed by atoms with van der Waals surface area (Å²) in [5.41, 5.74) is 0.632. The van der Waals surface area contributed by atoms with Crippen LogP contribution in [0.4, 0.5) is 13.2 Å². The smallest absolute Gasteiger partial charge is 0.406 e. The van der Waals surface area contributed by atoms with Gasteiger partial charge in [-0.3, -0.25) is 14.3 Å². The van der Waals surface area contributed by atoms with E-state index in [1.165, 1.54) is 24.3 Å². The van der Waals surface area contributed by atoms with E-state index in [-0.39, 0.29) is 12.3 Å². The predicted molar refractivity (Wildman–Crippen MR) is 111 cm³/mol. The molecule has 0 saturated carbocycles. The summed E-state index contributed by atoms with van der Waals surface area (Å²) < 4.78 is 43.4. The number of nitrogens with one attached hydrogen (secondary N) is 1. The minimum atomic E-state index is -4.77. The van der Waals surface area contributed by atoms with Crippen molar-refractivity contribution in [2.75, 3.05) is 0 Å². The van der Waals surface area contributed by atoms with Gasteiger partial charge in [-0.05, 0) is 52.3 Å². The highest BCUT2D eigenvalue weighted by Crippen LogP contribution is 2.24. The number of aromatic nitrogens is 4. The summed E-state index contributed by atoms with van der Waals surface area (Å²) in [7, 11) is 0. The lowest BCUT2D eigenvalue weighted by Crippen LogP contribution is -2.36. The van der Waals surface area contributed by atoms with Crippen molar-refractivity contribution >= 4 is 16.8 Å². The molecule has 0 spiro atoms. The number of alkyl halides is 3. The molecule has 3 rings (SSSR count). The fourth-order valence-electron chi connectivity index (χ4n) is 3.30. The molecule has 172 valence electrons. The number of aryl methyl sites for hydroxylation is 1. The third-order valence-corrected chi connectivity index (χ3v) is 4.79. The molecular formula is C21H24F3N5O3. The van der Waals surface area contributed by atoms with Crippen LogP contribution in [-0.2, 0) is 16.9 Å². The van der Waals surface area contributed by atoms with Crippen molar-refractivity contribution in [1.82, 2.24) is 24.9 Å². The van der Waals surface area contributed by atoms with E-state index in [1.54, 1.807) is 24.7 Å². The van der Waals surface area contributed by atoms with Crippen LogP contribution in [0.3, 0.4) is 0 Å². The largest absolute Gasteiger partial charge is 0.573 e. The van der Waals surface area contributed by atoms with Crippen molar-refractivity contribution in [3.63, 3.8) is 0 Å². The number of ether oxygens (including phenoxy) is 1. The molecule has 0 aliphatic rings. The number of hydrogen-bond acceptors (Lipinski definition) is 5. The van der Waals surface area contributed by atoms with Gasteiger partial charge in [0, 0.05) is 5.39 Å². The maximum atomic E-state index is 13.0. The maximum Gasteiger partial charge on any atom is 0.573 e. The van der Waals surface area contributed by atoms with Gasteiger partial charge in [0.15, 0.2) is 0 Å². The fraction of sp³-hybridized carbons (Fsp3) is 0.429. The van der Waals surface area contributed by atoms with Gasteiger partial charge in [-0.15, -0.1) is 13.2 Å². The molecule has 0 unspecified atom stereocenters. The Balaban J connectivity index is 1.77. The van der Waals surface area contributed by atoms with Crippen LogP contribution in [0.2, 0.25) is 0 Å². The molecule has 0 fully saturated rings. The number of nitrogens with zero attached hydrogens (tertiary/aromatic N) is 4. The van der Waals surface area contributed by atoms with E-state index in [0.29, 0.717) is 22.2 Å². The lowest BCUT2D eigenvalue weighted by molar-refractivity contribution is -0.274. The summed E-state index contributed by atoms with van der Waals surface area (Å²) >= 11 is 0. The second-order valence-electron chi connectivity index (χ2n) is 8.44. The first-order valence-corrected chi connectivity index (χ1v) is 9.87. The van der Waals surface area contributed by atoms with Gasteiger partial charge in [-0.2, -0.15) is 10.2 Å². The predicted octanol–water partition coefficient (Wildman–Crippen LogP) is 3.43. The molecule has 0 saturated heterocycles. The molecule has 2 aromatic heterocycles. The number of carbonyl (C=O) groups excluding carboxylic acids is 1. The average molecular weight is 451 g/mol. The molecule has 1 amide bonds. The molecule has 1 N–H and O–H groups in total. The maximum absolute atomic E-state index is 13.0. The summed E-state index contributed by atoms with van der Waals surface area (Å²) in [6, 6.07) is 4.68. The van der Waals surface area contributed by atoms with Gasteiger partial charge in [0.25, 0.3) is 5.56 Å². The molecule has 0 aliphatic heterocycles. The number of halogens is 3. The third-order valence-electron chi connectivity index (χ3n) is 4.79. The minimum absolute atomic E-state index is 0.315. The van der Waals surface area contributed by atoms with Crippen LogP contribution in [0.15, 0.2) is 35.3 Å². The van der Waals surface area contributed by atoms with Gasteiger partial charge in [0.05, 0.1) is 23.5 Å². The first-order valence-electron chi connectivity index (χ1n) is 9.87. The van der Waals surface area contributed by atoms with Crippen LogP contribution in [0, 0.1) is 6.92 Å². The van der Waals surface area contributed by atoms with Crippen LogP contribution in [0.25, 0.3) is 10.9 Å². The Kier molecular flexibility index (Phi) is 6.03. The molecule has 0 bridgehead atoms. The number of carbonyl (C=O) groups is 1. The second kappa shape index (κ2) is 8.29. The van der Waals surface area contributed by atoms with E-state index in [2.05, 4.69) is 20.3 Å². The zero-order valence-corrected chi connectivity index (χ0v) is 18.3. The number of rotatable bonds is 5. The Morgan fingerprint density at radius 2 is 1.81 bits per heavy atom. The van der Waals surface area contributed by atoms with E-state index >= 15 is 0 Å². The van der Waals surface area contributed by atoms with Crippen molar-refractivity contribution in [3.05, 3.63) is 52.1 Å². The summed E-state index contributed by atoms with van der Waals surface area (Å²) in [5, 5.41) is 11.9. The average Bonchev–Trinajstić information content (AvgIpc) is 3.11. The van der Waals surface area contributed by atoms with Crippen molar-refractivity contribution in [2.45, 2.75) is 59.1 Å². The van der Waals surface area contributed by atoms with Crippen LogP contribution in [0.1, 0.15) is 45.0 Å². The number of hydrogen-bond donors (Lipinski definition) is 1. The molecular weight excluding hydrogens is 427 g/mol. The lowest BCUT2D eigenvalue weighted by Gasteiger charge is -2.20. The molecule has 3 aromatic rings. The molecule has 1 aromatic carbocycles. The van der Waals surface area contributed by atoms with Crippen molar-refractivity contribution in [1.29, 1.82) is 0 Å². The molecule has 32 heavy (non-hydrogen) atoms. The standard InChI is InChI=1S/C21H24F3N5O3/c1-12(14-6-8-15(9-7-14)32-21(22,23)24)26-17(30)11-28-19(31)18-16(13(2)27-28)10-25-29(18)20(3,4)5/h6-10,12H,11H2,1-5H3,(H,26,30)/t12-/m0/s1. The van der Waals surface area contributed by atoms with Crippen molar-refractivity contribution in [3.8, 4) is 5.75 Å². The Labute approximate surface area is 182 Å². The Hall–Kier alpha value is -3.37. The zero-order valence-electron chi connectivity index (χ0n) is 18.3. The van der Waals surface area contributed by atoms with Crippen LogP contribution in [0.5, 0.6) is 5.75 Å². The van der Waals surface area contributed by atoms with E-state index < -0.39 is 29.4 Å². The molecule has 8 nitrogen and oxygen atoms in total. The molecule has 1 atom stereocenters. The van der Waals surface area contributed by atoms with E-state index in [9.17, 15) is 22.8 Å². The Bertz CT molecular complexity index is 1190. The monoisotopic (exact) mass is 451 g/mol. The molecule has 11 heteroatoms. The summed E-state index contributed by atoms with van der Waals surface area (Å²) in [6.07, 6.45) is -3.19. The van der Waals surface area contributed by atoms with Gasteiger partial charge in [0.1, 0.15) is 17.8 Å². The second-order valence-corrected chi connectivity index (χ2v) is 8.44. The van der Waals surface area contributed by atoms with Gasteiger partial charge in [-0.1, -0.05) is 12.1 Å². The fourth-order valence-corrected chi connectivity index (χ4v) is 3.30. The van der Waals surface area contributed by atoms with Gasteiger partial charge in [0.2, 0.25) is 5.91 Å². The zero-order chi connectivity index (χ0) is 23.8. The SMILES string of the molecule is Cc1nn(CC(=O)N[C@@H](C)c2ccc(OC(F)(F)F)cc2)c(=O)c2c1cnn2C(C)(C)C. The first-order chi connectivity index (χ1) is 14.8. The van der Waals surface area contributed by atoms with Gasteiger partial charge in [-0.25, -0.2) is 4.68 Å². The van der Waals surface area contributed by atoms with Crippen LogP contribution >= 0.6 is 0 Å². The van der Waals surface area contributed by atoms with Crippen LogP contribution in [-0.4, -0.2) is 31.8 Å². The number of fused-ring (bicyclic) bond motifs is 1. The quantitative estimate of drug-likeness (QED) is 0.642. The first kappa shape index (κ1) is 23.3. The minimum Gasteiger partial charge on any atom is -0.406 e.